The van der Waals surface area contributed by atoms with Crippen LogP contribution in [0.1, 0.15) is 34.1 Å². The van der Waals surface area contributed by atoms with Crippen molar-refractivity contribution in [3.05, 3.63) is 117 Å². The van der Waals surface area contributed by atoms with Gasteiger partial charge in [-0.05, 0) is 89.3 Å². The van der Waals surface area contributed by atoms with Crippen molar-refractivity contribution in [2.24, 2.45) is 0 Å². The average Bonchev–Trinajstić information content (AvgIpc) is 3.39. The fourth-order valence-corrected chi connectivity index (χ4v) is 5.58. The number of H-pyrrole nitrogens is 1. The molecule has 3 aromatic carbocycles. The molecule has 5 aromatic rings. The van der Waals surface area contributed by atoms with Crippen molar-refractivity contribution < 1.29 is 8.78 Å². The Morgan fingerprint density at radius 3 is 2.27 bits per heavy atom. The monoisotopic (exact) mass is 541 g/mol. The summed E-state index contributed by atoms with van der Waals surface area (Å²) in [7, 11) is 0. The highest BCUT2D eigenvalue weighted by molar-refractivity contribution is 5.83. The molecule has 1 atom stereocenters. The lowest BCUT2D eigenvalue weighted by Crippen LogP contribution is -2.49. The number of fused-ring (bicyclic) bond motifs is 1. The molecule has 0 bridgehead atoms. The molecule has 1 unspecified atom stereocenters. The van der Waals surface area contributed by atoms with Gasteiger partial charge >= 0.3 is 0 Å². The Morgan fingerprint density at radius 2 is 1.57 bits per heavy atom. The van der Waals surface area contributed by atoms with E-state index in [4.69, 9.17) is 0 Å². The number of nitrogens with one attached hydrogen (secondary N) is 1. The average molecular weight is 542 g/mol. The summed E-state index contributed by atoms with van der Waals surface area (Å²) < 4.78 is 28.7. The maximum absolute atomic E-state index is 13.6. The molecule has 0 saturated carbocycles. The minimum atomic E-state index is -0.514. The van der Waals surface area contributed by atoms with E-state index < -0.39 is 6.04 Å². The molecule has 0 radical (unpaired) electrons. The lowest BCUT2D eigenvalue weighted by molar-refractivity contribution is 0.200. The van der Waals surface area contributed by atoms with Crippen LogP contribution >= 0.6 is 0 Å². The number of anilines is 1. The molecule has 204 valence electrons. The fraction of sp³-hybridized carbons (Fsp3) is 0.267. The van der Waals surface area contributed by atoms with Crippen LogP contribution < -0.4 is 10.5 Å². The lowest BCUT2D eigenvalue weighted by atomic mass is 10.00. The second-order valence-corrected chi connectivity index (χ2v) is 10.3. The van der Waals surface area contributed by atoms with Gasteiger partial charge in [0.1, 0.15) is 17.7 Å². The van der Waals surface area contributed by atoms with Crippen molar-refractivity contribution in [2.75, 3.05) is 31.1 Å². The van der Waals surface area contributed by atoms with Gasteiger partial charge in [-0.2, -0.15) is 0 Å². The summed E-state index contributed by atoms with van der Waals surface area (Å²) in [5, 5.41) is 13.6. The van der Waals surface area contributed by atoms with Gasteiger partial charge in [0.05, 0.1) is 12.1 Å². The molecule has 1 N–H and O–H groups in total. The maximum atomic E-state index is 13.6. The Morgan fingerprint density at radius 1 is 0.900 bits per heavy atom. The molecule has 2 aromatic heterocycles. The van der Waals surface area contributed by atoms with E-state index in [0.717, 1.165) is 33.3 Å². The zero-order valence-corrected chi connectivity index (χ0v) is 22.3. The third-order valence-corrected chi connectivity index (χ3v) is 7.54. The Hall–Kier alpha value is -4.44. The Kier molecular flexibility index (Phi) is 6.85. The normalized spacial score (nSPS) is 15.1. The standard InChI is InChI=1S/C30H29F2N7O/c1-19-15-20(2)27-22(16-19)17-26(30(40)33-27)28(29-34-35-36-39(29)18-21-3-5-23(31)6-4-21)38-13-11-37(12-14-38)25-9-7-24(32)8-10-25/h3-10,15-17,28H,11-14,18H2,1-2H3,(H,33,40). The summed E-state index contributed by atoms with van der Waals surface area (Å²) in [6.07, 6.45) is 0. The summed E-state index contributed by atoms with van der Waals surface area (Å²) in [4.78, 5) is 21.1. The number of piperazine rings is 1. The van der Waals surface area contributed by atoms with Crippen LogP contribution in [0.2, 0.25) is 0 Å². The summed E-state index contributed by atoms with van der Waals surface area (Å²) >= 11 is 0. The van der Waals surface area contributed by atoms with Gasteiger partial charge in [-0.25, -0.2) is 13.5 Å². The molecular weight excluding hydrogens is 512 g/mol. The summed E-state index contributed by atoms with van der Waals surface area (Å²) in [6.45, 7) is 6.99. The van der Waals surface area contributed by atoms with E-state index in [0.29, 0.717) is 44.1 Å². The number of tetrazole rings is 1. The highest BCUT2D eigenvalue weighted by Gasteiger charge is 2.33. The number of aromatic nitrogens is 5. The van der Waals surface area contributed by atoms with Gasteiger partial charge in [0, 0.05) is 37.4 Å². The number of pyridine rings is 1. The molecular formula is C30H29F2N7O. The number of aromatic amines is 1. The first kappa shape index (κ1) is 25.8. The molecule has 1 fully saturated rings. The molecule has 6 rings (SSSR count). The molecule has 0 aliphatic carbocycles. The minimum absolute atomic E-state index is 0.193. The van der Waals surface area contributed by atoms with Gasteiger partial charge in [-0.1, -0.05) is 23.8 Å². The van der Waals surface area contributed by atoms with Gasteiger partial charge in [0.25, 0.3) is 5.56 Å². The van der Waals surface area contributed by atoms with Crippen LogP contribution in [0.3, 0.4) is 0 Å². The van der Waals surface area contributed by atoms with Crippen molar-refractivity contribution in [1.82, 2.24) is 30.1 Å². The molecule has 8 nitrogen and oxygen atoms in total. The fourth-order valence-electron chi connectivity index (χ4n) is 5.58. The summed E-state index contributed by atoms with van der Waals surface area (Å²) in [5.74, 6) is -0.0453. The second-order valence-electron chi connectivity index (χ2n) is 10.3. The zero-order valence-electron chi connectivity index (χ0n) is 22.3. The number of aryl methyl sites for hydroxylation is 2. The lowest BCUT2D eigenvalue weighted by Gasteiger charge is -2.39. The van der Waals surface area contributed by atoms with E-state index in [1.165, 1.54) is 24.3 Å². The quantitative estimate of drug-likeness (QED) is 0.344. The van der Waals surface area contributed by atoms with Crippen molar-refractivity contribution in [3.8, 4) is 0 Å². The highest BCUT2D eigenvalue weighted by atomic mass is 19.1. The first-order valence-electron chi connectivity index (χ1n) is 13.2. The van der Waals surface area contributed by atoms with Gasteiger partial charge in [0.15, 0.2) is 5.82 Å². The Labute approximate surface area is 229 Å². The molecule has 3 heterocycles. The maximum Gasteiger partial charge on any atom is 0.253 e. The van der Waals surface area contributed by atoms with Crippen LogP contribution in [0.25, 0.3) is 10.9 Å². The van der Waals surface area contributed by atoms with E-state index in [1.807, 2.05) is 26.0 Å². The molecule has 1 aliphatic heterocycles. The summed E-state index contributed by atoms with van der Waals surface area (Å²) in [6, 6.07) is 18.3. The Balaban J connectivity index is 1.39. The predicted octanol–water partition coefficient (Wildman–Crippen LogP) is 4.37. The van der Waals surface area contributed by atoms with Crippen LogP contribution in [0.5, 0.6) is 0 Å². The molecule has 1 aliphatic rings. The van der Waals surface area contributed by atoms with E-state index in [9.17, 15) is 13.6 Å². The van der Waals surface area contributed by atoms with Crippen LogP contribution in [0.4, 0.5) is 14.5 Å². The minimum Gasteiger partial charge on any atom is -0.369 e. The topological polar surface area (TPSA) is 82.9 Å². The largest absolute Gasteiger partial charge is 0.369 e. The molecule has 0 amide bonds. The molecule has 10 heteroatoms. The SMILES string of the molecule is Cc1cc(C)c2[nH]c(=O)c(C(c3nnnn3Cc3ccc(F)cc3)N3CCN(c4ccc(F)cc4)CC3)cc2c1. The van der Waals surface area contributed by atoms with E-state index in [1.54, 1.807) is 28.9 Å². The number of hydrogen-bond donors (Lipinski definition) is 1. The van der Waals surface area contributed by atoms with Gasteiger partial charge < -0.3 is 9.88 Å². The number of benzene rings is 3. The van der Waals surface area contributed by atoms with Crippen molar-refractivity contribution in [3.63, 3.8) is 0 Å². The zero-order chi connectivity index (χ0) is 27.8. The number of nitrogens with zero attached hydrogens (tertiary/aromatic N) is 6. The van der Waals surface area contributed by atoms with E-state index >= 15 is 0 Å². The highest BCUT2D eigenvalue weighted by Crippen LogP contribution is 2.30. The van der Waals surface area contributed by atoms with Crippen LogP contribution in [-0.2, 0) is 6.54 Å². The first-order chi connectivity index (χ1) is 19.4. The van der Waals surface area contributed by atoms with Crippen LogP contribution in [-0.4, -0.2) is 56.3 Å². The van der Waals surface area contributed by atoms with Crippen molar-refractivity contribution >= 4 is 16.6 Å². The predicted molar refractivity (Wildman–Crippen MR) is 149 cm³/mol. The molecule has 40 heavy (non-hydrogen) atoms. The van der Waals surface area contributed by atoms with Crippen molar-refractivity contribution in [1.29, 1.82) is 0 Å². The third kappa shape index (κ3) is 5.10. The van der Waals surface area contributed by atoms with Crippen LogP contribution in [0.15, 0.2) is 71.5 Å². The molecule has 0 spiro atoms. The van der Waals surface area contributed by atoms with Gasteiger partial charge in [0.2, 0.25) is 0 Å². The smallest absolute Gasteiger partial charge is 0.253 e. The van der Waals surface area contributed by atoms with Crippen LogP contribution in [0, 0.1) is 25.5 Å². The van der Waals surface area contributed by atoms with E-state index in [-0.39, 0.29) is 17.2 Å². The number of hydrogen-bond acceptors (Lipinski definition) is 6. The third-order valence-electron chi connectivity index (χ3n) is 7.54. The van der Waals surface area contributed by atoms with E-state index in [2.05, 4.69) is 36.4 Å². The Bertz CT molecular complexity index is 1710. The first-order valence-corrected chi connectivity index (χ1v) is 13.2. The number of halogens is 2. The number of rotatable bonds is 6. The van der Waals surface area contributed by atoms with Crippen molar-refractivity contribution in [2.45, 2.75) is 26.4 Å². The molecule has 1 saturated heterocycles. The summed E-state index contributed by atoms with van der Waals surface area (Å²) in [5.41, 5.74) is 5.08. The van der Waals surface area contributed by atoms with Gasteiger partial charge in [-0.3, -0.25) is 9.69 Å². The second kappa shape index (κ2) is 10.6. The van der Waals surface area contributed by atoms with Gasteiger partial charge in [-0.15, -0.1) is 5.10 Å².